The molecule has 0 radical (unpaired) electrons. The van der Waals surface area contributed by atoms with Crippen molar-refractivity contribution in [3.63, 3.8) is 0 Å². The predicted octanol–water partition coefficient (Wildman–Crippen LogP) is 0.729. The van der Waals surface area contributed by atoms with Gasteiger partial charge in [-0.1, -0.05) is 19.9 Å². The Morgan fingerprint density at radius 3 is 2.52 bits per heavy atom. The Kier molecular flexibility index (Phi) is 6.92. The van der Waals surface area contributed by atoms with Gasteiger partial charge in [0.05, 0.1) is 0 Å². The molecular weight excluding hydrogens is 385 g/mol. The molecular formula is C19H22FN3O6. The summed E-state index contributed by atoms with van der Waals surface area (Å²) in [6, 6.07) is 5.16. The molecule has 1 heterocycles. The van der Waals surface area contributed by atoms with Crippen LogP contribution < -0.4 is 21.7 Å². The summed E-state index contributed by atoms with van der Waals surface area (Å²) in [7, 11) is 1.23. The maximum absolute atomic E-state index is 13.1. The van der Waals surface area contributed by atoms with E-state index in [-0.39, 0.29) is 24.0 Å². The third kappa shape index (κ3) is 5.31. The van der Waals surface area contributed by atoms with E-state index in [1.165, 1.54) is 25.2 Å². The molecule has 2 N–H and O–H groups in total. The SMILES string of the molecule is CC(C)Cn1c(N)c(C(=O)COC(=O)COc2cccc(F)c2)c(=O)n(C)c1=O. The van der Waals surface area contributed by atoms with Gasteiger partial charge in [0, 0.05) is 19.7 Å². The normalized spacial score (nSPS) is 10.8. The Morgan fingerprint density at radius 2 is 1.90 bits per heavy atom. The maximum atomic E-state index is 13.1. The number of aromatic nitrogens is 2. The third-order valence-corrected chi connectivity index (χ3v) is 3.93. The molecule has 0 unspecified atom stereocenters. The predicted molar refractivity (Wildman–Crippen MR) is 102 cm³/mol. The standard InChI is InChI=1S/C19H22FN3O6/c1-11(2)8-23-17(21)16(18(26)22(3)19(23)27)14(24)9-29-15(25)10-28-13-6-4-5-12(20)7-13/h4-7,11H,8-10,21H2,1-3H3. The van der Waals surface area contributed by atoms with Crippen LogP contribution in [-0.4, -0.2) is 34.1 Å². The number of nitrogens with two attached hydrogens (primary N) is 1. The number of Topliss-reactive ketones (excluding diaryl/α,β-unsaturated/α-hetero) is 1. The van der Waals surface area contributed by atoms with Crippen LogP contribution in [0, 0.1) is 11.7 Å². The molecule has 0 saturated heterocycles. The minimum atomic E-state index is -0.895. The van der Waals surface area contributed by atoms with E-state index >= 15 is 0 Å². The Hall–Kier alpha value is -3.43. The number of nitrogens with zero attached hydrogens (tertiary/aromatic N) is 2. The third-order valence-electron chi connectivity index (χ3n) is 3.93. The molecule has 1 aromatic carbocycles. The number of hydrogen-bond acceptors (Lipinski definition) is 7. The number of ketones is 1. The fourth-order valence-corrected chi connectivity index (χ4v) is 2.55. The lowest BCUT2D eigenvalue weighted by Crippen LogP contribution is -2.43. The summed E-state index contributed by atoms with van der Waals surface area (Å²) >= 11 is 0. The molecule has 10 heteroatoms. The summed E-state index contributed by atoms with van der Waals surface area (Å²) in [5.41, 5.74) is 3.95. The zero-order chi connectivity index (χ0) is 21.7. The lowest BCUT2D eigenvalue weighted by Gasteiger charge is -2.16. The van der Waals surface area contributed by atoms with Crippen molar-refractivity contribution in [3.8, 4) is 5.75 Å². The van der Waals surface area contributed by atoms with E-state index in [0.717, 1.165) is 15.2 Å². The summed E-state index contributed by atoms with van der Waals surface area (Å²) in [5, 5.41) is 0. The van der Waals surface area contributed by atoms with Gasteiger partial charge in [-0.3, -0.25) is 18.7 Å². The number of carbonyl (C=O) groups is 2. The van der Waals surface area contributed by atoms with E-state index in [0.29, 0.717) is 0 Å². The van der Waals surface area contributed by atoms with Crippen LogP contribution in [0.2, 0.25) is 0 Å². The van der Waals surface area contributed by atoms with E-state index in [1.807, 2.05) is 13.8 Å². The first-order chi connectivity index (χ1) is 13.6. The number of ether oxygens (including phenoxy) is 2. The van der Waals surface area contributed by atoms with Crippen LogP contribution in [0.1, 0.15) is 24.2 Å². The number of carbonyl (C=O) groups excluding carboxylic acids is 2. The smallest absolute Gasteiger partial charge is 0.344 e. The number of rotatable bonds is 8. The van der Waals surface area contributed by atoms with Gasteiger partial charge in [0.25, 0.3) is 5.56 Å². The molecule has 0 fully saturated rings. The van der Waals surface area contributed by atoms with Crippen LogP contribution in [0.5, 0.6) is 5.75 Å². The molecule has 0 amide bonds. The number of hydrogen-bond donors (Lipinski definition) is 1. The van der Waals surface area contributed by atoms with Crippen molar-refractivity contribution in [3.05, 3.63) is 56.5 Å². The average Bonchev–Trinajstić information content (AvgIpc) is 2.66. The summed E-state index contributed by atoms with van der Waals surface area (Å²) in [6.07, 6.45) is 0. The van der Waals surface area contributed by atoms with Crippen molar-refractivity contribution in [2.75, 3.05) is 18.9 Å². The Balaban J connectivity index is 2.10. The Bertz CT molecular complexity index is 1040. The minimum Gasteiger partial charge on any atom is -0.482 e. The van der Waals surface area contributed by atoms with Gasteiger partial charge in [0.2, 0.25) is 5.78 Å². The second kappa shape index (κ2) is 9.18. The fourth-order valence-electron chi connectivity index (χ4n) is 2.55. The molecule has 0 aliphatic carbocycles. The Morgan fingerprint density at radius 1 is 1.21 bits per heavy atom. The lowest BCUT2D eigenvalue weighted by molar-refractivity contribution is -0.144. The first-order valence-electron chi connectivity index (χ1n) is 8.78. The van der Waals surface area contributed by atoms with Crippen LogP contribution in [0.25, 0.3) is 0 Å². The van der Waals surface area contributed by atoms with Crippen LogP contribution in [0.4, 0.5) is 10.2 Å². The molecule has 0 spiro atoms. The minimum absolute atomic E-state index is 0.0354. The zero-order valence-electron chi connectivity index (χ0n) is 16.3. The van der Waals surface area contributed by atoms with Crippen molar-refractivity contribution in [1.29, 1.82) is 0 Å². The number of anilines is 1. The number of nitrogen functional groups attached to an aromatic ring is 1. The summed E-state index contributed by atoms with van der Waals surface area (Å²) in [6.45, 7) is 2.58. The van der Waals surface area contributed by atoms with Crippen molar-refractivity contribution in [2.45, 2.75) is 20.4 Å². The van der Waals surface area contributed by atoms with E-state index in [2.05, 4.69) is 0 Å². The molecule has 2 aromatic rings. The molecule has 156 valence electrons. The van der Waals surface area contributed by atoms with Gasteiger partial charge in [-0.15, -0.1) is 0 Å². The van der Waals surface area contributed by atoms with E-state index in [1.54, 1.807) is 0 Å². The van der Waals surface area contributed by atoms with Gasteiger partial charge in [-0.05, 0) is 18.1 Å². The summed E-state index contributed by atoms with van der Waals surface area (Å²) in [5.74, 6) is -2.40. The topological polar surface area (TPSA) is 123 Å². The van der Waals surface area contributed by atoms with Crippen LogP contribution in [0.15, 0.2) is 33.9 Å². The number of esters is 1. The molecule has 0 bridgehead atoms. The largest absolute Gasteiger partial charge is 0.482 e. The van der Waals surface area contributed by atoms with E-state index in [4.69, 9.17) is 15.2 Å². The van der Waals surface area contributed by atoms with E-state index < -0.39 is 47.6 Å². The first kappa shape index (κ1) is 21.9. The van der Waals surface area contributed by atoms with Gasteiger partial charge in [-0.2, -0.15) is 0 Å². The molecule has 9 nitrogen and oxygen atoms in total. The zero-order valence-corrected chi connectivity index (χ0v) is 16.3. The van der Waals surface area contributed by atoms with Gasteiger partial charge in [0.15, 0.2) is 13.2 Å². The maximum Gasteiger partial charge on any atom is 0.344 e. The first-order valence-corrected chi connectivity index (χ1v) is 8.78. The van der Waals surface area contributed by atoms with E-state index in [9.17, 15) is 23.6 Å². The van der Waals surface area contributed by atoms with Crippen molar-refractivity contribution >= 4 is 17.6 Å². The van der Waals surface area contributed by atoms with Gasteiger partial charge in [-0.25, -0.2) is 14.0 Å². The molecule has 0 aliphatic rings. The summed E-state index contributed by atoms with van der Waals surface area (Å²) in [4.78, 5) is 48.8. The highest BCUT2D eigenvalue weighted by atomic mass is 19.1. The highest BCUT2D eigenvalue weighted by Gasteiger charge is 2.23. The van der Waals surface area contributed by atoms with Crippen LogP contribution in [0.3, 0.4) is 0 Å². The van der Waals surface area contributed by atoms with Gasteiger partial charge in [0.1, 0.15) is 22.9 Å². The quantitative estimate of drug-likeness (QED) is 0.505. The van der Waals surface area contributed by atoms with Crippen molar-refractivity contribution < 1.29 is 23.5 Å². The molecule has 2 rings (SSSR count). The van der Waals surface area contributed by atoms with Crippen LogP contribution in [-0.2, 0) is 23.1 Å². The average molecular weight is 407 g/mol. The lowest BCUT2D eigenvalue weighted by atomic mass is 10.1. The highest BCUT2D eigenvalue weighted by Crippen LogP contribution is 2.12. The monoisotopic (exact) mass is 407 g/mol. The fraction of sp³-hybridized carbons (Fsp3) is 0.368. The van der Waals surface area contributed by atoms with Gasteiger partial charge < -0.3 is 15.2 Å². The highest BCUT2D eigenvalue weighted by molar-refractivity contribution is 6.01. The molecule has 0 saturated carbocycles. The van der Waals surface area contributed by atoms with Crippen molar-refractivity contribution in [1.82, 2.24) is 9.13 Å². The number of halogens is 1. The second-order valence-electron chi connectivity index (χ2n) is 6.74. The van der Waals surface area contributed by atoms with Crippen LogP contribution >= 0.6 is 0 Å². The Labute approximate surface area is 165 Å². The molecule has 0 atom stereocenters. The molecule has 0 aliphatic heterocycles. The molecule has 1 aromatic heterocycles. The van der Waals surface area contributed by atoms with Crippen molar-refractivity contribution in [2.24, 2.45) is 13.0 Å². The second-order valence-corrected chi connectivity index (χ2v) is 6.74. The van der Waals surface area contributed by atoms with Gasteiger partial charge >= 0.3 is 11.7 Å². The number of benzene rings is 1. The summed E-state index contributed by atoms with van der Waals surface area (Å²) < 4.78 is 24.9. The molecule has 29 heavy (non-hydrogen) atoms.